The first-order valence-electron chi connectivity index (χ1n) is 7.25. The third-order valence-corrected chi connectivity index (χ3v) is 5.23. The van der Waals surface area contributed by atoms with Gasteiger partial charge in [0.2, 0.25) is 0 Å². The summed E-state index contributed by atoms with van der Waals surface area (Å²) in [7, 11) is 1.83. The van der Waals surface area contributed by atoms with Gasteiger partial charge in [0.1, 0.15) is 0 Å². The van der Waals surface area contributed by atoms with Crippen molar-refractivity contribution in [1.82, 2.24) is 10.6 Å². The van der Waals surface area contributed by atoms with E-state index in [4.69, 9.17) is 0 Å². The number of guanidine groups is 1. The normalized spacial score (nSPS) is 21.8. The van der Waals surface area contributed by atoms with E-state index in [1.807, 2.05) is 7.05 Å². The summed E-state index contributed by atoms with van der Waals surface area (Å²) in [6, 6.07) is 8.56. The number of hydrogen-bond donors (Lipinski definition) is 2. The van der Waals surface area contributed by atoms with Crippen molar-refractivity contribution in [1.29, 1.82) is 0 Å². The molecule has 2 rings (SSSR count). The predicted octanol–water partition coefficient (Wildman–Crippen LogP) is 3.56. The molecule has 0 bridgehead atoms. The molecule has 3 nitrogen and oxygen atoms in total. The predicted molar refractivity (Wildman–Crippen MR) is 105 cm³/mol. The van der Waals surface area contributed by atoms with Crippen LogP contribution in [0.1, 0.15) is 30.9 Å². The van der Waals surface area contributed by atoms with E-state index in [1.54, 1.807) is 0 Å². The fourth-order valence-corrected chi connectivity index (χ4v) is 3.72. The van der Waals surface area contributed by atoms with E-state index in [2.05, 4.69) is 65.5 Å². The average molecular weight is 419 g/mol. The lowest BCUT2D eigenvalue weighted by atomic mass is 10.1. The van der Waals surface area contributed by atoms with Gasteiger partial charge in [-0.25, -0.2) is 0 Å². The number of halogens is 1. The summed E-state index contributed by atoms with van der Waals surface area (Å²) in [5.41, 5.74) is 2.58. The van der Waals surface area contributed by atoms with Gasteiger partial charge in [-0.05, 0) is 38.0 Å². The third kappa shape index (κ3) is 6.06. The summed E-state index contributed by atoms with van der Waals surface area (Å²) >= 11 is 2.07. The highest BCUT2D eigenvalue weighted by Crippen LogP contribution is 2.36. The van der Waals surface area contributed by atoms with Crippen LogP contribution >= 0.6 is 35.7 Å². The molecule has 5 heteroatoms. The minimum atomic E-state index is 0. The van der Waals surface area contributed by atoms with E-state index in [0.29, 0.717) is 4.75 Å². The molecule has 1 aromatic carbocycles. The van der Waals surface area contributed by atoms with Crippen molar-refractivity contribution in [3.05, 3.63) is 35.4 Å². The first kappa shape index (κ1) is 18.6. The summed E-state index contributed by atoms with van der Waals surface area (Å²) in [5.74, 6) is 2.17. The summed E-state index contributed by atoms with van der Waals surface area (Å²) in [4.78, 5) is 4.30. The smallest absolute Gasteiger partial charge is 0.191 e. The van der Waals surface area contributed by atoms with Gasteiger partial charge in [-0.15, -0.1) is 24.0 Å². The van der Waals surface area contributed by atoms with Crippen LogP contribution in [0.4, 0.5) is 0 Å². The molecule has 1 saturated heterocycles. The molecule has 1 heterocycles. The van der Waals surface area contributed by atoms with Crippen LogP contribution in [-0.2, 0) is 6.54 Å². The molecule has 2 N–H and O–H groups in total. The molecule has 1 aliphatic rings. The SMILES string of the molecule is CN=C(NCc1cccc(C)c1)NCC1(C)CCCS1.I. The van der Waals surface area contributed by atoms with Crippen LogP contribution in [0.5, 0.6) is 0 Å². The van der Waals surface area contributed by atoms with Crippen molar-refractivity contribution in [2.24, 2.45) is 4.99 Å². The quantitative estimate of drug-likeness (QED) is 0.445. The highest BCUT2D eigenvalue weighted by Gasteiger charge is 2.29. The number of nitrogens with one attached hydrogen (secondary N) is 2. The molecular formula is C16H26IN3S. The molecule has 1 unspecified atom stereocenters. The van der Waals surface area contributed by atoms with Gasteiger partial charge in [-0.3, -0.25) is 4.99 Å². The molecule has 1 atom stereocenters. The summed E-state index contributed by atoms with van der Waals surface area (Å²) < 4.78 is 0.362. The Balaban J connectivity index is 0.00000220. The third-order valence-electron chi connectivity index (χ3n) is 3.70. The Labute approximate surface area is 149 Å². The van der Waals surface area contributed by atoms with Gasteiger partial charge in [0, 0.05) is 24.9 Å². The van der Waals surface area contributed by atoms with Crippen LogP contribution in [0.2, 0.25) is 0 Å². The van der Waals surface area contributed by atoms with Crippen molar-refractivity contribution < 1.29 is 0 Å². The second-order valence-electron chi connectivity index (χ2n) is 5.67. The maximum atomic E-state index is 4.30. The van der Waals surface area contributed by atoms with Crippen LogP contribution in [0, 0.1) is 6.92 Å². The van der Waals surface area contributed by atoms with Gasteiger partial charge in [0.15, 0.2) is 5.96 Å². The largest absolute Gasteiger partial charge is 0.355 e. The van der Waals surface area contributed by atoms with Crippen molar-refractivity contribution in [3.63, 3.8) is 0 Å². The molecule has 21 heavy (non-hydrogen) atoms. The van der Waals surface area contributed by atoms with E-state index in [1.165, 1.54) is 29.7 Å². The molecule has 0 aliphatic carbocycles. The monoisotopic (exact) mass is 419 g/mol. The van der Waals surface area contributed by atoms with Crippen LogP contribution in [0.3, 0.4) is 0 Å². The van der Waals surface area contributed by atoms with Gasteiger partial charge in [0.05, 0.1) is 0 Å². The Morgan fingerprint density at radius 3 is 2.81 bits per heavy atom. The van der Waals surface area contributed by atoms with Crippen molar-refractivity contribution in [2.75, 3.05) is 19.3 Å². The topological polar surface area (TPSA) is 36.4 Å². The lowest BCUT2D eigenvalue weighted by Gasteiger charge is -2.24. The lowest BCUT2D eigenvalue weighted by Crippen LogP contribution is -2.43. The van der Waals surface area contributed by atoms with Crippen molar-refractivity contribution in [3.8, 4) is 0 Å². The summed E-state index contributed by atoms with van der Waals surface area (Å²) in [6.45, 7) is 6.25. The van der Waals surface area contributed by atoms with Gasteiger partial charge in [0.25, 0.3) is 0 Å². The second-order valence-corrected chi connectivity index (χ2v) is 7.35. The molecule has 0 aromatic heterocycles. The molecule has 118 valence electrons. The van der Waals surface area contributed by atoms with E-state index < -0.39 is 0 Å². The number of nitrogens with zero attached hydrogens (tertiary/aromatic N) is 1. The van der Waals surface area contributed by atoms with E-state index >= 15 is 0 Å². The first-order chi connectivity index (χ1) is 9.61. The molecular weight excluding hydrogens is 393 g/mol. The highest BCUT2D eigenvalue weighted by atomic mass is 127. The standard InChI is InChI=1S/C16H25N3S.HI/c1-13-6-4-7-14(10-13)11-18-15(17-3)19-12-16(2)8-5-9-20-16;/h4,6-7,10H,5,8-9,11-12H2,1-3H3,(H2,17,18,19);1H. The average Bonchev–Trinajstić information content (AvgIpc) is 2.86. The van der Waals surface area contributed by atoms with E-state index in [-0.39, 0.29) is 24.0 Å². The number of benzene rings is 1. The van der Waals surface area contributed by atoms with Crippen molar-refractivity contribution >= 4 is 41.7 Å². The Hall–Kier alpha value is -0.430. The van der Waals surface area contributed by atoms with Crippen LogP contribution < -0.4 is 10.6 Å². The zero-order valence-electron chi connectivity index (χ0n) is 13.1. The van der Waals surface area contributed by atoms with E-state index in [9.17, 15) is 0 Å². The zero-order valence-corrected chi connectivity index (χ0v) is 16.3. The summed E-state index contributed by atoms with van der Waals surface area (Å²) in [5, 5.41) is 6.84. The van der Waals surface area contributed by atoms with Crippen molar-refractivity contribution in [2.45, 2.75) is 38.0 Å². The Bertz CT molecular complexity index is 470. The fourth-order valence-electron chi connectivity index (χ4n) is 2.48. The maximum absolute atomic E-state index is 4.30. The maximum Gasteiger partial charge on any atom is 0.191 e. The molecule has 0 spiro atoms. The lowest BCUT2D eigenvalue weighted by molar-refractivity contribution is 0.584. The van der Waals surface area contributed by atoms with Crippen LogP contribution in [0.15, 0.2) is 29.3 Å². The number of hydrogen-bond acceptors (Lipinski definition) is 2. The Morgan fingerprint density at radius 2 is 2.19 bits per heavy atom. The number of aryl methyl sites for hydroxylation is 1. The minimum Gasteiger partial charge on any atom is -0.355 e. The molecule has 1 aromatic rings. The van der Waals surface area contributed by atoms with Gasteiger partial charge >= 0.3 is 0 Å². The molecule has 0 amide bonds. The number of aliphatic imine (C=N–C) groups is 1. The minimum absolute atomic E-state index is 0. The first-order valence-corrected chi connectivity index (χ1v) is 8.24. The highest BCUT2D eigenvalue weighted by molar-refractivity contribution is 14.0. The number of rotatable bonds is 4. The number of thioether (sulfide) groups is 1. The molecule has 0 radical (unpaired) electrons. The second kappa shape index (κ2) is 8.88. The fraction of sp³-hybridized carbons (Fsp3) is 0.562. The molecule has 1 fully saturated rings. The zero-order chi connectivity index (χ0) is 14.4. The van der Waals surface area contributed by atoms with Crippen LogP contribution in [0.25, 0.3) is 0 Å². The van der Waals surface area contributed by atoms with Gasteiger partial charge in [-0.2, -0.15) is 11.8 Å². The van der Waals surface area contributed by atoms with Crippen LogP contribution in [-0.4, -0.2) is 30.1 Å². The molecule has 1 aliphatic heterocycles. The Kier molecular flexibility index (Phi) is 7.87. The molecule has 0 saturated carbocycles. The summed E-state index contributed by atoms with van der Waals surface area (Å²) in [6.07, 6.45) is 2.62. The van der Waals surface area contributed by atoms with Gasteiger partial charge < -0.3 is 10.6 Å². The van der Waals surface area contributed by atoms with Gasteiger partial charge in [-0.1, -0.05) is 29.8 Å². The Morgan fingerprint density at radius 1 is 1.38 bits per heavy atom. The van der Waals surface area contributed by atoms with E-state index in [0.717, 1.165) is 19.0 Å².